The zero-order valence-corrected chi connectivity index (χ0v) is 11.5. The number of anilines is 2. The molecule has 0 spiro atoms. The van der Waals surface area contributed by atoms with Crippen LogP contribution >= 0.6 is 0 Å². The number of carbonyl (C=O) groups is 2. The molecule has 5 nitrogen and oxygen atoms in total. The van der Waals surface area contributed by atoms with Gasteiger partial charge in [0.25, 0.3) is 0 Å². The molecule has 19 heavy (non-hydrogen) atoms. The second-order valence-corrected chi connectivity index (χ2v) is 4.31. The van der Waals surface area contributed by atoms with Crippen molar-refractivity contribution in [2.24, 2.45) is 0 Å². The van der Waals surface area contributed by atoms with Gasteiger partial charge >= 0.3 is 0 Å². The predicted octanol–water partition coefficient (Wildman–Crippen LogP) is 1.97. The third-order valence-corrected chi connectivity index (χ3v) is 2.44. The summed E-state index contributed by atoms with van der Waals surface area (Å²) in [5, 5.41) is 8.65. The Kier molecular flexibility index (Phi) is 6.60. The number of hydrogen-bond acceptors (Lipinski definition) is 3. The summed E-state index contributed by atoms with van der Waals surface area (Å²) >= 11 is 0. The normalized spacial score (nSPS) is 10.0. The van der Waals surface area contributed by atoms with E-state index in [9.17, 15) is 9.59 Å². The third kappa shape index (κ3) is 6.57. The topological polar surface area (TPSA) is 70.2 Å². The molecule has 0 aliphatic rings. The Morgan fingerprint density at radius 3 is 2.11 bits per heavy atom. The molecule has 0 aromatic heterocycles. The maximum atomic E-state index is 11.6. The predicted molar refractivity (Wildman–Crippen MR) is 77.2 cm³/mol. The van der Waals surface area contributed by atoms with E-state index < -0.39 is 0 Å². The summed E-state index contributed by atoms with van der Waals surface area (Å²) < 4.78 is 0. The smallest absolute Gasteiger partial charge is 0.225 e. The molecule has 1 aromatic rings. The van der Waals surface area contributed by atoms with Crippen molar-refractivity contribution in [2.45, 2.75) is 26.7 Å². The van der Waals surface area contributed by atoms with Gasteiger partial charge in [0.1, 0.15) is 0 Å². The van der Waals surface area contributed by atoms with Crippen LogP contribution in [0.25, 0.3) is 0 Å². The second-order valence-electron chi connectivity index (χ2n) is 4.31. The zero-order chi connectivity index (χ0) is 14.1. The van der Waals surface area contributed by atoms with Crippen molar-refractivity contribution in [3.8, 4) is 0 Å². The van der Waals surface area contributed by atoms with Crippen LogP contribution in [-0.2, 0) is 9.59 Å². The molecule has 0 heterocycles. The quantitative estimate of drug-likeness (QED) is 0.659. The highest BCUT2D eigenvalue weighted by molar-refractivity contribution is 5.92. The van der Waals surface area contributed by atoms with Crippen LogP contribution in [0.15, 0.2) is 24.3 Å². The molecule has 0 bridgehead atoms. The maximum Gasteiger partial charge on any atom is 0.225 e. The van der Waals surface area contributed by atoms with Crippen LogP contribution in [-0.4, -0.2) is 24.9 Å². The van der Waals surface area contributed by atoms with E-state index in [4.69, 9.17) is 0 Å². The van der Waals surface area contributed by atoms with Crippen LogP contribution in [0, 0.1) is 0 Å². The standard InChI is InChI=1S/C14H21N3O2/c1-3-9-15-10-8-14(19)17-13-6-4-12(5-7-13)16-11(2)18/h4-7,15H,3,8-10H2,1-2H3,(H,16,18)(H,17,19). The second kappa shape index (κ2) is 8.26. The fourth-order valence-corrected chi connectivity index (χ4v) is 1.57. The fourth-order valence-electron chi connectivity index (χ4n) is 1.57. The highest BCUT2D eigenvalue weighted by Crippen LogP contribution is 2.13. The molecule has 0 aliphatic heterocycles. The van der Waals surface area contributed by atoms with Crippen LogP contribution in [0.4, 0.5) is 11.4 Å². The minimum Gasteiger partial charge on any atom is -0.326 e. The van der Waals surface area contributed by atoms with Gasteiger partial charge in [0.05, 0.1) is 0 Å². The Balaban J connectivity index is 2.36. The molecule has 2 amide bonds. The number of benzene rings is 1. The molecule has 104 valence electrons. The summed E-state index contributed by atoms with van der Waals surface area (Å²) in [6.07, 6.45) is 1.51. The van der Waals surface area contributed by atoms with Crippen LogP contribution in [0.5, 0.6) is 0 Å². The van der Waals surface area contributed by atoms with Gasteiger partial charge in [0.2, 0.25) is 11.8 Å². The van der Waals surface area contributed by atoms with Crippen molar-refractivity contribution in [1.29, 1.82) is 0 Å². The van der Waals surface area contributed by atoms with Gasteiger partial charge in [-0.15, -0.1) is 0 Å². The Hall–Kier alpha value is -1.88. The maximum absolute atomic E-state index is 11.6. The van der Waals surface area contributed by atoms with E-state index in [1.165, 1.54) is 6.92 Å². The summed E-state index contributed by atoms with van der Waals surface area (Å²) in [6.45, 7) is 5.16. The molecule has 0 radical (unpaired) electrons. The lowest BCUT2D eigenvalue weighted by Gasteiger charge is -2.07. The number of hydrogen-bond donors (Lipinski definition) is 3. The summed E-state index contributed by atoms with van der Waals surface area (Å²) in [5.74, 6) is -0.130. The van der Waals surface area contributed by atoms with Gasteiger partial charge < -0.3 is 16.0 Å². The Morgan fingerprint density at radius 2 is 1.58 bits per heavy atom. The lowest BCUT2D eigenvalue weighted by molar-refractivity contribution is -0.116. The molecular formula is C14H21N3O2. The van der Waals surface area contributed by atoms with Crippen LogP contribution < -0.4 is 16.0 Å². The van der Waals surface area contributed by atoms with Gasteiger partial charge in [0.15, 0.2) is 0 Å². The zero-order valence-electron chi connectivity index (χ0n) is 11.5. The Bertz CT molecular complexity index is 415. The highest BCUT2D eigenvalue weighted by atomic mass is 16.2. The number of rotatable bonds is 7. The molecule has 0 atom stereocenters. The van der Waals surface area contributed by atoms with Crippen LogP contribution in [0.3, 0.4) is 0 Å². The minimum atomic E-state index is -0.112. The van der Waals surface area contributed by atoms with E-state index in [1.54, 1.807) is 24.3 Å². The van der Waals surface area contributed by atoms with Crippen molar-refractivity contribution in [1.82, 2.24) is 5.32 Å². The van der Waals surface area contributed by atoms with Crippen molar-refractivity contribution >= 4 is 23.2 Å². The third-order valence-electron chi connectivity index (χ3n) is 2.44. The molecule has 3 N–H and O–H groups in total. The summed E-state index contributed by atoms with van der Waals surface area (Å²) in [6, 6.07) is 7.05. The molecule has 0 aliphatic carbocycles. The minimum absolute atomic E-state index is 0.0177. The van der Waals surface area contributed by atoms with Gasteiger partial charge in [-0.1, -0.05) is 6.92 Å². The molecule has 0 unspecified atom stereocenters. The van der Waals surface area contributed by atoms with Gasteiger partial charge in [0, 0.05) is 31.3 Å². The number of nitrogens with one attached hydrogen (secondary N) is 3. The average Bonchev–Trinajstić information content (AvgIpc) is 2.36. The molecule has 5 heteroatoms. The molecule has 0 saturated carbocycles. The van der Waals surface area contributed by atoms with Gasteiger partial charge in [-0.3, -0.25) is 9.59 Å². The number of amides is 2. The fraction of sp³-hybridized carbons (Fsp3) is 0.429. The highest BCUT2D eigenvalue weighted by Gasteiger charge is 2.02. The first kappa shape index (κ1) is 15.2. The van der Waals surface area contributed by atoms with E-state index in [0.29, 0.717) is 13.0 Å². The summed E-state index contributed by atoms with van der Waals surface area (Å²) in [4.78, 5) is 22.5. The molecule has 0 saturated heterocycles. The first-order valence-electron chi connectivity index (χ1n) is 6.50. The Morgan fingerprint density at radius 1 is 1.00 bits per heavy atom. The van der Waals surface area contributed by atoms with Crippen molar-refractivity contribution in [2.75, 3.05) is 23.7 Å². The molecule has 0 fully saturated rings. The summed E-state index contributed by atoms with van der Waals surface area (Å²) in [5.41, 5.74) is 1.45. The van der Waals surface area contributed by atoms with Crippen molar-refractivity contribution in [3.05, 3.63) is 24.3 Å². The lowest BCUT2D eigenvalue weighted by atomic mass is 10.2. The molecule has 1 aromatic carbocycles. The van der Waals surface area contributed by atoms with E-state index >= 15 is 0 Å². The van der Waals surface area contributed by atoms with E-state index in [-0.39, 0.29) is 11.8 Å². The lowest BCUT2D eigenvalue weighted by Crippen LogP contribution is -2.22. The van der Waals surface area contributed by atoms with Crippen LogP contribution in [0.2, 0.25) is 0 Å². The first-order valence-corrected chi connectivity index (χ1v) is 6.50. The van der Waals surface area contributed by atoms with Crippen LogP contribution in [0.1, 0.15) is 26.7 Å². The summed E-state index contributed by atoms with van der Waals surface area (Å²) in [7, 11) is 0. The van der Waals surface area contributed by atoms with Gasteiger partial charge in [-0.25, -0.2) is 0 Å². The molecule has 1 rings (SSSR count). The van der Waals surface area contributed by atoms with Gasteiger partial charge in [-0.2, -0.15) is 0 Å². The molecular weight excluding hydrogens is 242 g/mol. The van der Waals surface area contributed by atoms with Crippen molar-refractivity contribution in [3.63, 3.8) is 0 Å². The Labute approximate surface area is 113 Å². The first-order chi connectivity index (χ1) is 9.11. The van der Waals surface area contributed by atoms with E-state index in [0.717, 1.165) is 24.3 Å². The monoisotopic (exact) mass is 263 g/mol. The van der Waals surface area contributed by atoms with E-state index in [1.807, 2.05) is 0 Å². The SMILES string of the molecule is CCCNCCC(=O)Nc1ccc(NC(C)=O)cc1. The average molecular weight is 263 g/mol. The van der Waals surface area contributed by atoms with E-state index in [2.05, 4.69) is 22.9 Å². The number of carbonyl (C=O) groups excluding carboxylic acids is 2. The largest absolute Gasteiger partial charge is 0.326 e. The van der Waals surface area contributed by atoms with Gasteiger partial charge in [-0.05, 0) is 37.2 Å². The van der Waals surface area contributed by atoms with Crippen molar-refractivity contribution < 1.29 is 9.59 Å².